The first kappa shape index (κ1) is 9.87. The third-order valence-corrected chi connectivity index (χ3v) is 2.36. The lowest BCUT2D eigenvalue weighted by Crippen LogP contribution is -2.35. The Kier molecular flexibility index (Phi) is 2.52. The van der Waals surface area contributed by atoms with E-state index in [2.05, 4.69) is 11.4 Å². The molecule has 3 heteroatoms. The molecule has 0 unspecified atom stereocenters. The second kappa shape index (κ2) is 3.83. The van der Waals surface area contributed by atoms with Crippen molar-refractivity contribution in [2.24, 2.45) is 0 Å². The summed E-state index contributed by atoms with van der Waals surface area (Å²) in [7, 11) is 0. The Morgan fingerprint density at radius 1 is 1.13 bits per heavy atom. The van der Waals surface area contributed by atoms with E-state index in [-0.39, 0.29) is 12.4 Å². The van der Waals surface area contributed by atoms with Crippen LogP contribution in [0.3, 0.4) is 0 Å². The Hall–Kier alpha value is -1.67. The molecule has 0 spiro atoms. The molecule has 0 radical (unpaired) electrons. The minimum absolute atomic E-state index is 0. The minimum atomic E-state index is 0. The highest BCUT2D eigenvalue weighted by atomic mass is 35.5. The maximum Gasteiger partial charge on any atom is 0.150 e. The number of halogens is 1. The number of hydrogen-bond donors (Lipinski definition) is 1. The van der Waals surface area contributed by atoms with Gasteiger partial charge in [-0.2, -0.15) is 0 Å². The normalized spacial score (nSPS) is 15.7. The molecule has 2 heterocycles. The number of allylic oxidation sites excluding steroid dienone is 2. The van der Waals surface area contributed by atoms with E-state index in [9.17, 15) is 0 Å². The van der Waals surface area contributed by atoms with E-state index >= 15 is 0 Å². The lowest BCUT2D eigenvalue weighted by molar-refractivity contribution is 0.417. The molecule has 2 nitrogen and oxygen atoms in total. The van der Waals surface area contributed by atoms with Crippen molar-refractivity contribution in [3.63, 3.8) is 0 Å². The largest absolute Gasteiger partial charge is 0.462 e. The second-order valence-electron chi connectivity index (χ2n) is 3.23. The third kappa shape index (κ3) is 1.53. The van der Waals surface area contributed by atoms with E-state index < -0.39 is 0 Å². The van der Waals surface area contributed by atoms with Crippen LogP contribution in [0.2, 0.25) is 0 Å². The number of dihydropyridines is 1. The first-order valence-corrected chi connectivity index (χ1v) is 4.55. The molecule has 2 aliphatic heterocycles. The summed E-state index contributed by atoms with van der Waals surface area (Å²) in [6.45, 7) is 0. The predicted molar refractivity (Wildman–Crippen MR) is 62.3 cm³/mol. The van der Waals surface area contributed by atoms with Crippen molar-refractivity contribution in [2.45, 2.75) is 0 Å². The van der Waals surface area contributed by atoms with Crippen molar-refractivity contribution in [1.29, 1.82) is 0 Å². The highest BCUT2D eigenvalue weighted by Crippen LogP contribution is 2.14. The summed E-state index contributed by atoms with van der Waals surface area (Å²) >= 11 is 0. The highest BCUT2D eigenvalue weighted by Gasteiger charge is 2.11. The Bertz CT molecular complexity index is 557. The van der Waals surface area contributed by atoms with Crippen LogP contribution in [-0.2, 0) is 4.74 Å². The summed E-state index contributed by atoms with van der Waals surface area (Å²) in [6.07, 6.45) is 7.58. The summed E-state index contributed by atoms with van der Waals surface area (Å²) in [5.41, 5.74) is 1.05. The zero-order chi connectivity index (χ0) is 9.38. The monoisotopic (exact) mass is 219 g/mol. The average molecular weight is 220 g/mol. The number of rotatable bonds is 0. The highest BCUT2D eigenvalue weighted by molar-refractivity contribution is 5.85. The van der Waals surface area contributed by atoms with Gasteiger partial charge in [-0.1, -0.05) is 24.3 Å². The standard InChI is InChI=1S/C12H9NO.ClH/c1-2-5-10-9(4-1)8-14-11-6-3-7-13-12(10)11;/h1-8,13H;1H. The molecular weight excluding hydrogens is 210 g/mol. The van der Waals surface area contributed by atoms with Crippen molar-refractivity contribution in [3.8, 4) is 0 Å². The first-order valence-electron chi connectivity index (χ1n) is 4.55. The van der Waals surface area contributed by atoms with E-state index in [0.29, 0.717) is 0 Å². The van der Waals surface area contributed by atoms with Crippen LogP contribution in [0.4, 0.5) is 0 Å². The van der Waals surface area contributed by atoms with Crippen molar-refractivity contribution in [3.05, 3.63) is 58.8 Å². The van der Waals surface area contributed by atoms with Crippen LogP contribution in [0.15, 0.2) is 48.4 Å². The number of fused-ring (bicyclic) bond motifs is 2. The van der Waals surface area contributed by atoms with E-state index in [1.54, 1.807) is 6.26 Å². The van der Waals surface area contributed by atoms with Gasteiger partial charge in [0.2, 0.25) is 0 Å². The van der Waals surface area contributed by atoms with Gasteiger partial charge < -0.3 is 10.1 Å². The molecule has 0 aliphatic carbocycles. The minimum Gasteiger partial charge on any atom is -0.462 e. The Morgan fingerprint density at radius 2 is 2.00 bits per heavy atom. The molecule has 0 amide bonds. The number of benzene rings is 1. The molecule has 76 valence electrons. The third-order valence-electron chi connectivity index (χ3n) is 2.36. The zero-order valence-electron chi connectivity index (χ0n) is 7.94. The van der Waals surface area contributed by atoms with Gasteiger partial charge in [-0.05, 0) is 12.2 Å². The van der Waals surface area contributed by atoms with Gasteiger partial charge in [0.15, 0.2) is 5.76 Å². The maximum atomic E-state index is 5.49. The number of hydrogen-bond acceptors (Lipinski definition) is 2. The topological polar surface area (TPSA) is 21.3 Å². The van der Waals surface area contributed by atoms with Crippen LogP contribution in [0.5, 0.6) is 0 Å². The molecule has 1 N–H and O–H groups in total. The fraction of sp³-hybridized carbons (Fsp3) is 0. The van der Waals surface area contributed by atoms with Gasteiger partial charge in [0.1, 0.15) is 0 Å². The van der Waals surface area contributed by atoms with Crippen LogP contribution in [0, 0.1) is 0 Å². The van der Waals surface area contributed by atoms with E-state index in [0.717, 1.165) is 16.7 Å². The van der Waals surface area contributed by atoms with Crippen LogP contribution in [-0.4, -0.2) is 0 Å². The molecular formula is C12H10ClNO. The quantitative estimate of drug-likeness (QED) is 0.703. The predicted octanol–water partition coefficient (Wildman–Crippen LogP) is 0.986. The average Bonchev–Trinajstić information content (AvgIpc) is 2.29. The van der Waals surface area contributed by atoms with Crippen LogP contribution >= 0.6 is 12.4 Å². The molecule has 1 aromatic rings. The summed E-state index contributed by atoms with van der Waals surface area (Å²) in [4.78, 5) is 0. The lowest BCUT2D eigenvalue weighted by Gasteiger charge is -2.17. The van der Waals surface area contributed by atoms with Crippen LogP contribution in [0.25, 0.3) is 12.0 Å². The van der Waals surface area contributed by atoms with Gasteiger partial charge in [0.25, 0.3) is 0 Å². The first-order chi connectivity index (χ1) is 6.95. The lowest BCUT2D eigenvalue weighted by atomic mass is 10.1. The second-order valence-corrected chi connectivity index (χ2v) is 3.23. The molecule has 3 rings (SSSR count). The fourth-order valence-electron chi connectivity index (χ4n) is 1.68. The van der Waals surface area contributed by atoms with E-state index in [1.807, 2.05) is 36.6 Å². The van der Waals surface area contributed by atoms with Gasteiger partial charge in [-0.3, -0.25) is 0 Å². The molecule has 2 aliphatic rings. The molecule has 0 atom stereocenters. The van der Waals surface area contributed by atoms with E-state index in [4.69, 9.17) is 4.74 Å². The van der Waals surface area contributed by atoms with Crippen LogP contribution in [0.1, 0.15) is 0 Å². The number of nitrogens with one attached hydrogen (secondary N) is 1. The summed E-state index contributed by atoms with van der Waals surface area (Å²) in [6, 6.07) is 8.16. The van der Waals surface area contributed by atoms with Gasteiger partial charge in [0.05, 0.1) is 12.0 Å². The van der Waals surface area contributed by atoms with Crippen molar-refractivity contribution in [1.82, 2.24) is 5.32 Å². The van der Waals surface area contributed by atoms with Gasteiger partial charge in [-0.15, -0.1) is 12.4 Å². The SMILES string of the molecule is C1=CNC2=c3ccccc3=COC2=C1.Cl. The Morgan fingerprint density at radius 3 is 2.93 bits per heavy atom. The fourth-order valence-corrected chi connectivity index (χ4v) is 1.68. The molecule has 15 heavy (non-hydrogen) atoms. The van der Waals surface area contributed by atoms with Crippen molar-refractivity contribution in [2.75, 3.05) is 0 Å². The molecule has 0 fully saturated rings. The van der Waals surface area contributed by atoms with Crippen LogP contribution < -0.4 is 15.8 Å². The number of ether oxygens (including phenoxy) is 1. The van der Waals surface area contributed by atoms with Gasteiger partial charge >= 0.3 is 0 Å². The van der Waals surface area contributed by atoms with Gasteiger partial charge in [-0.25, -0.2) is 0 Å². The zero-order valence-corrected chi connectivity index (χ0v) is 8.75. The summed E-state index contributed by atoms with van der Waals surface area (Å²) in [5.74, 6) is 0.881. The summed E-state index contributed by atoms with van der Waals surface area (Å²) in [5, 5.41) is 5.50. The van der Waals surface area contributed by atoms with E-state index in [1.165, 1.54) is 5.22 Å². The Balaban J connectivity index is 0.000000853. The Labute approximate surface area is 93.7 Å². The summed E-state index contributed by atoms with van der Waals surface area (Å²) < 4.78 is 5.49. The maximum absolute atomic E-state index is 5.49. The van der Waals surface area contributed by atoms with Gasteiger partial charge in [0, 0.05) is 16.6 Å². The molecule has 0 aromatic heterocycles. The van der Waals surface area contributed by atoms with Crippen molar-refractivity contribution < 1.29 is 4.74 Å². The molecule has 0 saturated heterocycles. The smallest absolute Gasteiger partial charge is 0.150 e. The van der Waals surface area contributed by atoms with Crippen molar-refractivity contribution >= 4 is 24.4 Å². The molecule has 0 saturated carbocycles. The molecule has 0 bridgehead atoms. The molecule has 1 aromatic carbocycles.